The molecule has 1 amide bonds. The van der Waals surface area contributed by atoms with E-state index in [1.807, 2.05) is 13.8 Å². The number of thiophene rings is 1. The van der Waals surface area contributed by atoms with Gasteiger partial charge in [-0.1, -0.05) is 6.07 Å². The van der Waals surface area contributed by atoms with Crippen LogP contribution in [0.25, 0.3) is 0 Å². The van der Waals surface area contributed by atoms with Crippen LogP contribution < -0.4 is 10.6 Å². The number of benzene rings is 1. The van der Waals surface area contributed by atoms with Gasteiger partial charge in [0.05, 0.1) is 23.1 Å². The van der Waals surface area contributed by atoms with Gasteiger partial charge >= 0.3 is 11.9 Å². The predicted octanol–water partition coefficient (Wildman–Crippen LogP) is 3.83. The Morgan fingerprint density at radius 3 is 2.43 bits per heavy atom. The first-order valence-electron chi connectivity index (χ1n) is 9.15. The van der Waals surface area contributed by atoms with Crippen LogP contribution in [0.3, 0.4) is 0 Å². The summed E-state index contributed by atoms with van der Waals surface area (Å²) >= 11 is 6.43. The van der Waals surface area contributed by atoms with Crippen molar-refractivity contribution in [2.45, 2.75) is 20.8 Å². The van der Waals surface area contributed by atoms with Crippen molar-refractivity contribution in [3.63, 3.8) is 0 Å². The summed E-state index contributed by atoms with van der Waals surface area (Å²) in [5, 5.41) is 15.5. The number of nitrogens with one attached hydrogen (secondary N) is 2. The highest BCUT2D eigenvalue weighted by Gasteiger charge is 2.27. The highest BCUT2D eigenvalue weighted by atomic mass is 32.1. The van der Waals surface area contributed by atoms with Crippen LogP contribution in [0.15, 0.2) is 24.3 Å². The summed E-state index contributed by atoms with van der Waals surface area (Å²) in [6, 6.07) is 6.15. The second-order valence-electron chi connectivity index (χ2n) is 6.19. The van der Waals surface area contributed by atoms with E-state index >= 15 is 0 Å². The van der Waals surface area contributed by atoms with E-state index in [9.17, 15) is 14.4 Å². The average Bonchev–Trinajstić information content (AvgIpc) is 3.03. The van der Waals surface area contributed by atoms with Crippen LogP contribution in [0.4, 0.5) is 10.7 Å². The number of hydrogen-bond acceptors (Lipinski definition) is 6. The molecule has 10 heteroatoms. The number of thiocarbonyl (C=S) groups is 1. The fraction of sp³-hybridized carbons (Fsp3) is 0.300. The molecule has 160 valence electrons. The van der Waals surface area contributed by atoms with Gasteiger partial charge in [-0.15, -0.1) is 11.3 Å². The molecule has 0 fully saturated rings. The van der Waals surface area contributed by atoms with Gasteiger partial charge in [0, 0.05) is 18.8 Å². The molecule has 2 aromatic rings. The van der Waals surface area contributed by atoms with Gasteiger partial charge < -0.3 is 25.4 Å². The third-order valence-corrected chi connectivity index (χ3v) is 5.78. The fourth-order valence-electron chi connectivity index (χ4n) is 2.80. The Kier molecular flexibility index (Phi) is 7.90. The standard InChI is InChI=1S/C20H23N3O5S2/c1-5-23(6-2)17(24)15-11(3)14(19(27)28-4)16(30-15)22-20(29)21-13-9-7-8-12(10-13)18(25)26/h7-10H,5-6H2,1-4H3,(H,25,26)(H2,21,22,29). The summed E-state index contributed by atoms with van der Waals surface area (Å²) in [5.74, 6) is -1.81. The van der Waals surface area contributed by atoms with E-state index in [4.69, 9.17) is 22.1 Å². The number of carbonyl (C=O) groups excluding carboxylic acids is 2. The van der Waals surface area contributed by atoms with Gasteiger partial charge in [0.1, 0.15) is 5.00 Å². The van der Waals surface area contributed by atoms with E-state index in [1.165, 1.54) is 19.2 Å². The Balaban J connectivity index is 2.33. The van der Waals surface area contributed by atoms with Crippen molar-refractivity contribution in [1.82, 2.24) is 4.90 Å². The zero-order valence-electron chi connectivity index (χ0n) is 17.1. The summed E-state index contributed by atoms with van der Waals surface area (Å²) in [6.07, 6.45) is 0. The van der Waals surface area contributed by atoms with Gasteiger partial charge in [0.15, 0.2) is 5.11 Å². The Labute approximate surface area is 183 Å². The van der Waals surface area contributed by atoms with Crippen molar-refractivity contribution in [3.8, 4) is 0 Å². The van der Waals surface area contributed by atoms with E-state index in [0.717, 1.165) is 11.3 Å². The maximum Gasteiger partial charge on any atom is 0.341 e. The van der Waals surface area contributed by atoms with Gasteiger partial charge in [-0.2, -0.15) is 0 Å². The minimum Gasteiger partial charge on any atom is -0.478 e. The van der Waals surface area contributed by atoms with Crippen molar-refractivity contribution >= 4 is 57.2 Å². The van der Waals surface area contributed by atoms with E-state index in [-0.39, 0.29) is 22.1 Å². The van der Waals surface area contributed by atoms with Crippen molar-refractivity contribution in [1.29, 1.82) is 0 Å². The quantitative estimate of drug-likeness (QED) is 0.432. The lowest BCUT2D eigenvalue weighted by Gasteiger charge is -2.17. The molecule has 0 atom stereocenters. The molecule has 0 radical (unpaired) electrons. The molecule has 8 nitrogen and oxygen atoms in total. The number of ether oxygens (including phenoxy) is 1. The molecule has 0 aliphatic carbocycles. The van der Waals surface area contributed by atoms with Crippen LogP contribution >= 0.6 is 23.6 Å². The van der Waals surface area contributed by atoms with E-state index in [0.29, 0.717) is 34.2 Å². The Bertz CT molecular complexity index is 983. The normalized spacial score (nSPS) is 10.3. The largest absolute Gasteiger partial charge is 0.478 e. The zero-order chi connectivity index (χ0) is 22.4. The zero-order valence-corrected chi connectivity index (χ0v) is 18.7. The van der Waals surface area contributed by atoms with Gasteiger partial charge in [0.25, 0.3) is 5.91 Å². The van der Waals surface area contributed by atoms with E-state index in [1.54, 1.807) is 24.0 Å². The average molecular weight is 450 g/mol. The molecule has 3 N–H and O–H groups in total. The van der Waals surface area contributed by atoms with E-state index in [2.05, 4.69) is 10.6 Å². The molecule has 0 saturated heterocycles. The van der Waals surface area contributed by atoms with Crippen LogP contribution in [-0.2, 0) is 4.74 Å². The lowest BCUT2D eigenvalue weighted by atomic mass is 10.1. The second kappa shape index (κ2) is 10.2. The molecule has 1 aromatic carbocycles. The predicted molar refractivity (Wildman–Crippen MR) is 121 cm³/mol. The van der Waals surface area contributed by atoms with Crippen LogP contribution in [0, 0.1) is 6.92 Å². The molecule has 2 rings (SSSR count). The number of anilines is 2. The minimum absolute atomic E-state index is 0.108. The van der Waals surface area contributed by atoms with Gasteiger partial charge in [-0.3, -0.25) is 4.79 Å². The monoisotopic (exact) mass is 449 g/mol. The molecule has 0 aliphatic heterocycles. The Morgan fingerprint density at radius 1 is 1.20 bits per heavy atom. The second-order valence-corrected chi connectivity index (χ2v) is 7.62. The van der Waals surface area contributed by atoms with Crippen LogP contribution in [0.1, 0.15) is 49.8 Å². The number of carboxylic acids is 1. The molecule has 0 aliphatic rings. The first-order valence-corrected chi connectivity index (χ1v) is 10.4. The molecular formula is C20H23N3O5S2. The number of nitrogens with zero attached hydrogens (tertiary/aromatic N) is 1. The van der Waals surface area contributed by atoms with Gasteiger partial charge in [-0.05, 0) is 56.8 Å². The molecule has 0 spiro atoms. The Hall–Kier alpha value is -2.98. The molecule has 0 bridgehead atoms. The van der Waals surface area contributed by atoms with Gasteiger partial charge in [0.2, 0.25) is 0 Å². The highest BCUT2D eigenvalue weighted by molar-refractivity contribution is 7.80. The summed E-state index contributed by atoms with van der Waals surface area (Å²) < 4.78 is 4.88. The number of amides is 1. The number of methoxy groups -OCH3 is 1. The summed E-state index contributed by atoms with van der Waals surface area (Å²) in [4.78, 5) is 38.4. The molecule has 30 heavy (non-hydrogen) atoms. The summed E-state index contributed by atoms with van der Waals surface area (Å²) in [5.41, 5.74) is 1.33. The first kappa shape index (κ1) is 23.3. The number of hydrogen-bond donors (Lipinski definition) is 3. The highest BCUT2D eigenvalue weighted by Crippen LogP contribution is 2.34. The molecular weight excluding hydrogens is 426 g/mol. The number of esters is 1. The minimum atomic E-state index is -1.06. The summed E-state index contributed by atoms with van der Waals surface area (Å²) in [6.45, 7) is 6.55. The smallest absolute Gasteiger partial charge is 0.341 e. The van der Waals surface area contributed by atoms with Crippen molar-refractivity contribution < 1.29 is 24.2 Å². The van der Waals surface area contributed by atoms with Crippen molar-refractivity contribution in [2.75, 3.05) is 30.8 Å². The maximum atomic E-state index is 12.8. The van der Waals surface area contributed by atoms with Crippen LogP contribution in [0.5, 0.6) is 0 Å². The summed E-state index contributed by atoms with van der Waals surface area (Å²) in [7, 11) is 1.27. The van der Waals surface area contributed by atoms with Crippen molar-refractivity contribution in [3.05, 3.63) is 45.8 Å². The number of rotatable bonds is 7. The van der Waals surface area contributed by atoms with Crippen LogP contribution in [-0.4, -0.2) is 53.2 Å². The molecule has 1 aromatic heterocycles. The van der Waals surface area contributed by atoms with Gasteiger partial charge in [-0.25, -0.2) is 9.59 Å². The van der Waals surface area contributed by atoms with Crippen LogP contribution in [0.2, 0.25) is 0 Å². The number of aromatic carboxylic acids is 1. The van der Waals surface area contributed by atoms with Crippen molar-refractivity contribution in [2.24, 2.45) is 0 Å². The third kappa shape index (κ3) is 5.14. The lowest BCUT2D eigenvalue weighted by molar-refractivity contribution is 0.0600. The Morgan fingerprint density at radius 2 is 1.87 bits per heavy atom. The number of carboxylic acid groups (broad SMARTS) is 1. The SMILES string of the molecule is CCN(CC)C(=O)c1sc(NC(=S)Nc2cccc(C(=O)O)c2)c(C(=O)OC)c1C. The maximum absolute atomic E-state index is 12.8. The fourth-order valence-corrected chi connectivity index (χ4v) is 4.26. The number of carbonyl (C=O) groups is 3. The third-order valence-electron chi connectivity index (χ3n) is 4.38. The molecule has 1 heterocycles. The molecule has 0 unspecified atom stereocenters. The lowest BCUT2D eigenvalue weighted by Crippen LogP contribution is -2.30. The topological polar surface area (TPSA) is 108 Å². The van der Waals surface area contributed by atoms with E-state index < -0.39 is 11.9 Å². The molecule has 0 saturated carbocycles. The first-order chi connectivity index (χ1) is 14.2.